The molecule has 1 atom stereocenters. The van der Waals surface area contributed by atoms with Crippen LogP contribution in [0.4, 0.5) is 4.39 Å². The van der Waals surface area contributed by atoms with E-state index in [0.717, 1.165) is 6.07 Å². The summed E-state index contributed by atoms with van der Waals surface area (Å²) in [7, 11) is -4.25. The lowest BCUT2D eigenvalue weighted by Gasteiger charge is -2.10. The predicted octanol–water partition coefficient (Wildman–Crippen LogP) is 2.65. The molecule has 0 aliphatic carbocycles. The van der Waals surface area contributed by atoms with Crippen molar-refractivity contribution < 1.29 is 26.5 Å². The summed E-state index contributed by atoms with van der Waals surface area (Å²) >= 11 is 5.69. The van der Waals surface area contributed by atoms with E-state index < -0.39 is 39.5 Å². The number of carbonyl (C=O) groups excluding carboxylic acids is 1. The van der Waals surface area contributed by atoms with E-state index in [1.54, 1.807) is 6.07 Å². The summed E-state index contributed by atoms with van der Waals surface area (Å²) in [6, 6.07) is 10.8. The number of ether oxygens (including phenoxy) is 1. The summed E-state index contributed by atoms with van der Waals surface area (Å²) < 4.78 is 47.8. The third-order valence-electron chi connectivity index (χ3n) is 3.40. The van der Waals surface area contributed by atoms with E-state index in [-0.39, 0.29) is 15.5 Å². The van der Waals surface area contributed by atoms with Crippen LogP contribution in [-0.2, 0) is 23.8 Å². The van der Waals surface area contributed by atoms with Gasteiger partial charge in [0, 0.05) is 5.56 Å². The zero-order chi connectivity index (χ0) is 18.2. The minimum absolute atomic E-state index is 0.142. The Labute approximate surface area is 147 Å². The van der Waals surface area contributed by atoms with Crippen LogP contribution >= 0.6 is 11.6 Å². The second-order valence-corrected chi connectivity index (χ2v) is 7.03. The van der Waals surface area contributed by atoms with E-state index in [2.05, 4.69) is 0 Å². The van der Waals surface area contributed by atoms with Crippen molar-refractivity contribution in [1.29, 1.82) is 0 Å². The number of ketones is 1. The standard InChI is InChI=1S/C16H11ClFNO5S/c17-11-8-9(6-7-12(11)18)14-13(20)15(16(19)23-14)24-25(21,22)10-4-2-1-3-5-10/h1-8,14H,19H2. The van der Waals surface area contributed by atoms with Crippen molar-refractivity contribution in [2.45, 2.75) is 11.0 Å². The molecule has 6 nitrogen and oxygen atoms in total. The molecule has 0 saturated heterocycles. The number of benzene rings is 2. The van der Waals surface area contributed by atoms with Gasteiger partial charge in [-0.25, -0.2) is 4.39 Å². The monoisotopic (exact) mass is 383 g/mol. The van der Waals surface area contributed by atoms with Crippen LogP contribution in [0.15, 0.2) is 65.1 Å². The highest BCUT2D eigenvalue weighted by atomic mass is 35.5. The van der Waals surface area contributed by atoms with Gasteiger partial charge in [-0.2, -0.15) is 8.42 Å². The summed E-state index contributed by atoms with van der Waals surface area (Å²) in [5, 5.41) is -0.209. The second-order valence-electron chi connectivity index (χ2n) is 5.08. The molecule has 25 heavy (non-hydrogen) atoms. The van der Waals surface area contributed by atoms with Crippen LogP contribution in [0.2, 0.25) is 5.02 Å². The van der Waals surface area contributed by atoms with E-state index in [1.807, 2.05) is 0 Å². The molecule has 2 aromatic carbocycles. The van der Waals surface area contributed by atoms with Gasteiger partial charge >= 0.3 is 10.1 Å². The smallest absolute Gasteiger partial charge is 0.339 e. The van der Waals surface area contributed by atoms with Crippen molar-refractivity contribution in [3.63, 3.8) is 0 Å². The molecule has 0 bridgehead atoms. The van der Waals surface area contributed by atoms with Crippen LogP contribution in [0.1, 0.15) is 11.7 Å². The number of hydrogen-bond donors (Lipinski definition) is 1. The topological polar surface area (TPSA) is 95.7 Å². The van der Waals surface area contributed by atoms with E-state index in [4.69, 9.17) is 26.3 Å². The van der Waals surface area contributed by atoms with Crippen molar-refractivity contribution in [2.75, 3.05) is 0 Å². The van der Waals surface area contributed by atoms with Crippen LogP contribution in [0, 0.1) is 5.82 Å². The molecule has 0 radical (unpaired) electrons. The first-order valence-corrected chi connectivity index (χ1v) is 8.73. The van der Waals surface area contributed by atoms with Crippen LogP contribution in [-0.4, -0.2) is 14.2 Å². The van der Waals surface area contributed by atoms with Gasteiger partial charge < -0.3 is 14.7 Å². The molecule has 0 fully saturated rings. The molecule has 0 aromatic heterocycles. The Kier molecular flexibility index (Phi) is 4.40. The van der Waals surface area contributed by atoms with E-state index in [0.29, 0.717) is 0 Å². The Bertz CT molecular complexity index is 975. The highest BCUT2D eigenvalue weighted by Crippen LogP contribution is 2.34. The summed E-state index contributed by atoms with van der Waals surface area (Å²) in [6.07, 6.45) is -1.26. The van der Waals surface area contributed by atoms with Gasteiger partial charge in [-0.3, -0.25) is 4.79 Å². The first-order valence-electron chi connectivity index (χ1n) is 6.94. The zero-order valence-electron chi connectivity index (χ0n) is 12.5. The minimum atomic E-state index is -4.25. The number of carbonyl (C=O) groups is 1. The van der Waals surface area contributed by atoms with Crippen LogP contribution in [0.3, 0.4) is 0 Å². The molecule has 0 saturated carbocycles. The van der Waals surface area contributed by atoms with Gasteiger partial charge in [0.2, 0.25) is 17.4 Å². The quantitative estimate of drug-likeness (QED) is 0.815. The molecule has 130 valence electrons. The lowest BCUT2D eigenvalue weighted by Crippen LogP contribution is -2.15. The molecule has 1 heterocycles. The van der Waals surface area contributed by atoms with Crippen molar-refractivity contribution in [3.05, 3.63) is 76.6 Å². The van der Waals surface area contributed by atoms with Gasteiger partial charge in [-0.15, -0.1) is 0 Å². The number of hydrogen-bond acceptors (Lipinski definition) is 6. The zero-order valence-corrected chi connectivity index (χ0v) is 14.1. The fourth-order valence-corrected chi connectivity index (χ4v) is 3.36. The highest BCUT2D eigenvalue weighted by Gasteiger charge is 2.40. The van der Waals surface area contributed by atoms with Crippen LogP contribution < -0.4 is 5.73 Å². The molecule has 2 N–H and O–H groups in total. The summed E-state index contributed by atoms with van der Waals surface area (Å²) in [5.74, 6) is -2.58. The van der Waals surface area contributed by atoms with Gasteiger partial charge in [0.15, 0.2) is 6.10 Å². The maximum absolute atomic E-state index is 13.2. The Hall–Kier alpha value is -2.58. The Morgan fingerprint density at radius 1 is 1.16 bits per heavy atom. The number of rotatable bonds is 4. The Balaban J connectivity index is 1.87. The first-order chi connectivity index (χ1) is 11.8. The van der Waals surface area contributed by atoms with Gasteiger partial charge in [0.25, 0.3) is 0 Å². The average molecular weight is 384 g/mol. The van der Waals surface area contributed by atoms with E-state index in [1.165, 1.54) is 36.4 Å². The lowest BCUT2D eigenvalue weighted by molar-refractivity contribution is -0.123. The molecular formula is C16H11ClFNO5S. The van der Waals surface area contributed by atoms with Gasteiger partial charge in [-0.1, -0.05) is 35.9 Å². The maximum atomic E-state index is 13.2. The summed E-state index contributed by atoms with van der Waals surface area (Å²) in [4.78, 5) is 12.3. The largest absolute Gasteiger partial charge is 0.460 e. The molecule has 9 heteroatoms. The number of halogens is 2. The van der Waals surface area contributed by atoms with Crippen LogP contribution in [0.25, 0.3) is 0 Å². The summed E-state index contributed by atoms with van der Waals surface area (Å²) in [5.41, 5.74) is 5.81. The third-order valence-corrected chi connectivity index (χ3v) is 4.93. The second kappa shape index (κ2) is 6.38. The molecule has 1 unspecified atom stereocenters. The fraction of sp³-hybridized carbons (Fsp3) is 0.0625. The SMILES string of the molecule is NC1=C(OS(=O)(=O)c2ccccc2)C(=O)C(c2ccc(F)c(Cl)c2)O1. The van der Waals surface area contributed by atoms with Crippen molar-refractivity contribution in [1.82, 2.24) is 0 Å². The molecule has 1 aliphatic rings. The van der Waals surface area contributed by atoms with Crippen molar-refractivity contribution in [2.24, 2.45) is 5.73 Å². The van der Waals surface area contributed by atoms with Gasteiger partial charge in [-0.05, 0) is 24.3 Å². The maximum Gasteiger partial charge on any atom is 0.339 e. The van der Waals surface area contributed by atoms with Crippen molar-refractivity contribution >= 4 is 27.5 Å². The van der Waals surface area contributed by atoms with Crippen LogP contribution in [0.5, 0.6) is 0 Å². The Morgan fingerprint density at radius 2 is 1.84 bits per heavy atom. The van der Waals surface area contributed by atoms with E-state index >= 15 is 0 Å². The lowest BCUT2D eigenvalue weighted by atomic mass is 10.1. The van der Waals surface area contributed by atoms with Gasteiger partial charge in [0.05, 0.1) is 5.02 Å². The molecule has 2 aromatic rings. The molecule has 0 spiro atoms. The molecule has 3 rings (SSSR count). The number of nitrogens with two attached hydrogens (primary N) is 1. The first kappa shape index (κ1) is 17.2. The van der Waals surface area contributed by atoms with Gasteiger partial charge in [0.1, 0.15) is 10.7 Å². The molecular weight excluding hydrogens is 373 g/mol. The fourth-order valence-electron chi connectivity index (χ4n) is 2.20. The van der Waals surface area contributed by atoms with Crippen molar-refractivity contribution in [3.8, 4) is 0 Å². The number of Topliss-reactive ketones (excluding diaryl/α,β-unsaturated/α-hetero) is 1. The predicted molar refractivity (Wildman–Crippen MR) is 86.2 cm³/mol. The minimum Gasteiger partial charge on any atom is -0.460 e. The Morgan fingerprint density at radius 3 is 2.48 bits per heavy atom. The average Bonchev–Trinajstić information content (AvgIpc) is 2.86. The normalized spacial score (nSPS) is 17.5. The van der Waals surface area contributed by atoms with E-state index in [9.17, 15) is 17.6 Å². The third kappa shape index (κ3) is 3.31. The highest BCUT2D eigenvalue weighted by molar-refractivity contribution is 7.86. The summed E-state index contributed by atoms with van der Waals surface area (Å²) in [6.45, 7) is 0. The molecule has 0 amide bonds. The molecule has 1 aliphatic heterocycles.